The van der Waals surface area contributed by atoms with E-state index >= 15 is 0 Å². The standard InChI is InChI=1S/C10H11F2N5OS2/c1-5(2)19-10-15-14-9(20-10)13-7(18)6-3-4-17(16-6)8(11)12/h3-5,8H,1-2H3,(H,13,14,18). The van der Waals surface area contributed by atoms with Gasteiger partial charge in [0.25, 0.3) is 5.91 Å². The minimum Gasteiger partial charge on any atom is -0.295 e. The molecule has 0 saturated carbocycles. The zero-order valence-corrected chi connectivity index (χ0v) is 12.2. The van der Waals surface area contributed by atoms with E-state index in [-0.39, 0.29) is 5.69 Å². The Morgan fingerprint density at radius 2 is 2.20 bits per heavy atom. The van der Waals surface area contributed by atoms with E-state index < -0.39 is 12.5 Å². The fourth-order valence-corrected chi connectivity index (χ4v) is 3.21. The quantitative estimate of drug-likeness (QED) is 0.677. The first kappa shape index (κ1) is 14.9. The number of amides is 1. The van der Waals surface area contributed by atoms with Crippen molar-refractivity contribution in [1.29, 1.82) is 0 Å². The van der Waals surface area contributed by atoms with E-state index in [2.05, 4.69) is 20.6 Å². The fraction of sp³-hybridized carbons (Fsp3) is 0.400. The van der Waals surface area contributed by atoms with Crippen LogP contribution in [0.2, 0.25) is 0 Å². The van der Waals surface area contributed by atoms with Crippen molar-refractivity contribution >= 4 is 34.1 Å². The Labute approximate surface area is 121 Å². The van der Waals surface area contributed by atoms with Gasteiger partial charge in [-0.1, -0.05) is 36.9 Å². The van der Waals surface area contributed by atoms with Crippen LogP contribution < -0.4 is 5.32 Å². The summed E-state index contributed by atoms with van der Waals surface area (Å²) in [5.74, 6) is -0.596. The molecule has 0 radical (unpaired) electrons. The van der Waals surface area contributed by atoms with Crippen LogP contribution in [0.3, 0.4) is 0 Å². The molecule has 2 rings (SSSR count). The Balaban J connectivity index is 2.01. The molecule has 2 aromatic rings. The third-order valence-corrected chi connectivity index (χ3v) is 3.93. The summed E-state index contributed by atoms with van der Waals surface area (Å²) in [7, 11) is 0. The number of hydrogen-bond donors (Lipinski definition) is 1. The Kier molecular flexibility index (Phi) is 4.65. The third kappa shape index (κ3) is 3.73. The van der Waals surface area contributed by atoms with Crippen LogP contribution in [-0.2, 0) is 0 Å². The number of anilines is 1. The SMILES string of the molecule is CC(C)Sc1nnc(NC(=O)c2ccn(C(F)F)n2)s1. The summed E-state index contributed by atoms with van der Waals surface area (Å²) >= 11 is 2.75. The van der Waals surface area contributed by atoms with Crippen molar-refractivity contribution in [2.45, 2.75) is 30.0 Å². The summed E-state index contributed by atoms with van der Waals surface area (Å²) in [6.45, 7) is 1.26. The lowest BCUT2D eigenvalue weighted by atomic mass is 10.4. The van der Waals surface area contributed by atoms with E-state index in [0.29, 0.717) is 15.1 Å². The van der Waals surface area contributed by atoms with E-state index in [9.17, 15) is 13.6 Å². The van der Waals surface area contributed by atoms with Gasteiger partial charge in [0, 0.05) is 11.4 Å². The van der Waals surface area contributed by atoms with Crippen molar-refractivity contribution in [3.63, 3.8) is 0 Å². The maximum absolute atomic E-state index is 12.3. The fourth-order valence-electron chi connectivity index (χ4n) is 1.24. The van der Waals surface area contributed by atoms with E-state index in [1.165, 1.54) is 29.2 Å². The first-order valence-electron chi connectivity index (χ1n) is 5.60. The largest absolute Gasteiger partial charge is 0.333 e. The molecule has 0 saturated heterocycles. The minimum absolute atomic E-state index is 0.0986. The normalized spacial score (nSPS) is 11.3. The minimum atomic E-state index is -2.77. The summed E-state index contributed by atoms with van der Waals surface area (Å²) in [6.07, 6.45) is 1.04. The van der Waals surface area contributed by atoms with Gasteiger partial charge in [0.05, 0.1) is 0 Å². The maximum Gasteiger partial charge on any atom is 0.333 e. The highest BCUT2D eigenvalue weighted by atomic mass is 32.2. The first-order chi connectivity index (χ1) is 9.45. The molecule has 10 heteroatoms. The van der Waals surface area contributed by atoms with Gasteiger partial charge in [-0.15, -0.1) is 10.2 Å². The van der Waals surface area contributed by atoms with Gasteiger partial charge >= 0.3 is 6.55 Å². The van der Waals surface area contributed by atoms with Crippen LogP contribution in [0, 0.1) is 0 Å². The molecule has 1 amide bonds. The van der Waals surface area contributed by atoms with Gasteiger partial charge in [0.2, 0.25) is 5.13 Å². The second-order valence-corrected chi connectivity index (χ2v) is 6.75. The molecule has 0 spiro atoms. The van der Waals surface area contributed by atoms with Crippen molar-refractivity contribution in [2.75, 3.05) is 5.32 Å². The molecular weight excluding hydrogens is 308 g/mol. The first-order valence-corrected chi connectivity index (χ1v) is 7.30. The molecule has 0 aliphatic rings. The van der Waals surface area contributed by atoms with E-state index in [0.717, 1.165) is 10.5 Å². The Morgan fingerprint density at radius 3 is 2.80 bits per heavy atom. The lowest BCUT2D eigenvalue weighted by Crippen LogP contribution is -2.13. The summed E-state index contributed by atoms with van der Waals surface area (Å²) in [5, 5.41) is 14.3. The number of carbonyl (C=O) groups is 1. The Hall–Kier alpha value is -1.55. The molecule has 20 heavy (non-hydrogen) atoms. The molecule has 108 valence electrons. The average molecular weight is 319 g/mol. The summed E-state index contributed by atoms with van der Waals surface area (Å²) in [6, 6.07) is 1.21. The number of aromatic nitrogens is 4. The third-order valence-electron chi connectivity index (χ3n) is 2.00. The number of nitrogens with zero attached hydrogens (tertiary/aromatic N) is 4. The predicted molar refractivity (Wildman–Crippen MR) is 72.3 cm³/mol. The van der Waals surface area contributed by atoms with Gasteiger partial charge < -0.3 is 0 Å². The van der Waals surface area contributed by atoms with Gasteiger partial charge in [-0.2, -0.15) is 13.9 Å². The second-order valence-electron chi connectivity index (χ2n) is 3.95. The smallest absolute Gasteiger partial charge is 0.295 e. The van der Waals surface area contributed by atoms with Gasteiger partial charge in [-0.05, 0) is 6.07 Å². The predicted octanol–water partition coefficient (Wildman–Crippen LogP) is 2.88. The molecule has 0 aliphatic carbocycles. The lowest BCUT2D eigenvalue weighted by molar-refractivity contribution is 0.0561. The number of rotatable bonds is 5. The molecule has 0 atom stereocenters. The topological polar surface area (TPSA) is 72.7 Å². The van der Waals surface area contributed by atoms with Crippen LogP contribution >= 0.6 is 23.1 Å². The zero-order chi connectivity index (χ0) is 14.7. The number of nitrogens with one attached hydrogen (secondary N) is 1. The summed E-state index contributed by atoms with van der Waals surface area (Å²) in [5.41, 5.74) is -0.0986. The molecule has 1 N–H and O–H groups in total. The molecule has 0 bridgehead atoms. The average Bonchev–Trinajstić information content (AvgIpc) is 2.97. The van der Waals surface area contributed by atoms with Crippen molar-refractivity contribution in [3.8, 4) is 0 Å². The molecule has 2 aromatic heterocycles. The maximum atomic E-state index is 12.3. The highest BCUT2D eigenvalue weighted by Crippen LogP contribution is 2.28. The number of alkyl halides is 2. The van der Waals surface area contributed by atoms with Crippen molar-refractivity contribution in [2.24, 2.45) is 0 Å². The van der Waals surface area contributed by atoms with Crippen LogP contribution in [0.25, 0.3) is 0 Å². The van der Waals surface area contributed by atoms with E-state index in [1.54, 1.807) is 0 Å². The monoisotopic (exact) mass is 319 g/mol. The van der Waals surface area contributed by atoms with Crippen LogP contribution in [0.4, 0.5) is 13.9 Å². The molecule has 2 heterocycles. The number of halogens is 2. The second kappa shape index (κ2) is 6.27. The van der Waals surface area contributed by atoms with Gasteiger partial charge in [-0.3, -0.25) is 10.1 Å². The number of thioether (sulfide) groups is 1. The van der Waals surface area contributed by atoms with Gasteiger partial charge in [-0.25, -0.2) is 4.68 Å². The summed E-state index contributed by atoms with van der Waals surface area (Å²) in [4.78, 5) is 11.8. The van der Waals surface area contributed by atoms with Crippen molar-refractivity contribution in [1.82, 2.24) is 20.0 Å². The van der Waals surface area contributed by atoms with Crippen LogP contribution in [-0.4, -0.2) is 31.1 Å². The van der Waals surface area contributed by atoms with Crippen LogP contribution in [0.5, 0.6) is 0 Å². The number of carbonyl (C=O) groups excluding carboxylic acids is 1. The Bertz CT molecular complexity index is 598. The lowest BCUT2D eigenvalue weighted by Gasteiger charge is -1.98. The zero-order valence-electron chi connectivity index (χ0n) is 10.6. The van der Waals surface area contributed by atoms with Crippen LogP contribution in [0.15, 0.2) is 16.6 Å². The summed E-state index contributed by atoms with van der Waals surface area (Å²) < 4.78 is 25.8. The molecule has 0 aromatic carbocycles. The molecule has 0 aliphatic heterocycles. The van der Waals surface area contributed by atoms with Gasteiger partial charge in [0.1, 0.15) is 0 Å². The highest BCUT2D eigenvalue weighted by Gasteiger charge is 2.15. The van der Waals surface area contributed by atoms with Gasteiger partial charge in [0.15, 0.2) is 10.0 Å². The van der Waals surface area contributed by atoms with Crippen LogP contribution in [0.1, 0.15) is 30.9 Å². The molecule has 6 nitrogen and oxygen atoms in total. The Morgan fingerprint density at radius 1 is 1.45 bits per heavy atom. The van der Waals surface area contributed by atoms with E-state index in [1.807, 2.05) is 13.8 Å². The van der Waals surface area contributed by atoms with Crippen molar-refractivity contribution < 1.29 is 13.6 Å². The molecular formula is C10H11F2N5OS2. The molecule has 0 fully saturated rings. The number of hydrogen-bond acceptors (Lipinski definition) is 6. The van der Waals surface area contributed by atoms with E-state index in [4.69, 9.17) is 0 Å². The highest BCUT2D eigenvalue weighted by molar-refractivity contribution is 8.01. The van der Waals surface area contributed by atoms with Crippen molar-refractivity contribution in [3.05, 3.63) is 18.0 Å². The molecule has 0 unspecified atom stereocenters.